The molecule has 0 amide bonds. The van der Waals surface area contributed by atoms with E-state index in [0.29, 0.717) is 27.7 Å². The third-order valence-electron chi connectivity index (χ3n) is 5.47. The number of hydrogen-bond acceptors (Lipinski definition) is 2. The fraction of sp³-hybridized carbons (Fsp3) is 0.708. The van der Waals surface area contributed by atoms with E-state index in [4.69, 9.17) is 27.9 Å². The summed E-state index contributed by atoms with van der Waals surface area (Å²) in [6, 6.07) is 5.53. The highest BCUT2D eigenvalue weighted by Gasteiger charge is 2.36. The van der Waals surface area contributed by atoms with Gasteiger partial charge in [0.1, 0.15) is 6.54 Å². The highest BCUT2D eigenvalue weighted by atomic mass is 35.5. The van der Waals surface area contributed by atoms with Crippen LogP contribution < -0.4 is 0 Å². The van der Waals surface area contributed by atoms with Gasteiger partial charge in [-0.3, -0.25) is 0 Å². The number of likely N-dealkylation sites (N-methyl/N-ethyl adjacent to an activating group) is 1. The zero-order valence-electron chi connectivity index (χ0n) is 18.8. The molecule has 1 aromatic carbocycles. The van der Waals surface area contributed by atoms with Gasteiger partial charge in [-0.2, -0.15) is 0 Å². The minimum Gasteiger partial charge on any atom is -0.461 e. The van der Waals surface area contributed by atoms with E-state index in [1.54, 1.807) is 0 Å². The van der Waals surface area contributed by atoms with Gasteiger partial charge in [0, 0.05) is 12.0 Å². The van der Waals surface area contributed by atoms with E-state index in [1.165, 1.54) is 44.9 Å². The quantitative estimate of drug-likeness (QED) is 0.159. The number of hydrogen-bond donors (Lipinski definition) is 0. The average molecular weight is 445 g/mol. The molecule has 0 aliphatic heterocycles. The molecular weight excluding hydrogens is 405 g/mol. The maximum absolute atomic E-state index is 12.8. The van der Waals surface area contributed by atoms with Crippen molar-refractivity contribution in [1.82, 2.24) is 0 Å². The Morgan fingerprint density at radius 1 is 0.931 bits per heavy atom. The number of ether oxygens (including phenoxy) is 1. The second-order valence-electron chi connectivity index (χ2n) is 8.63. The SMILES string of the molecule is CCCCCCCCCC[C@@H](C(=O)OCCC)[N+](C)(C)Cc1ccc(Cl)c(Cl)c1. The molecular formula is C24H40Cl2NO2+. The largest absolute Gasteiger partial charge is 0.461 e. The summed E-state index contributed by atoms with van der Waals surface area (Å²) in [7, 11) is 4.20. The monoisotopic (exact) mass is 444 g/mol. The lowest BCUT2D eigenvalue weighted by atomic mass is 10.0. The molecule has 5 heteroatoms. The molecule has 0 aliphatic rings. The van der Waals surface area contributed by atoms with E-state index in [-0.39, 0.29) is 12.0 Å². The number of rotatable bonds is 15. The second-order valence-corrected chi connectivity index (χ2v) is 9.45. The lowest BCUT2D eigenvalue weighted by Crippen LogP contribution is -2.52. The van der Waals surface area contributed by atoms with E-state index in [2.05, 4.69) is 21.0 Å². The van der Waals surface area contributed by atoms with Gasteiger partial charge in [0.2, 0.25) is 0 Å². The molecule has 3 nitrogen and oxygen atoms in total. The number of unbranched alkanes of at least 4 members (excludes halogenated alkanes) is 7. The van der Waals surface area contributed by atoms with Gasteiger partial charge in [-0.25, -0.2) is 4.79 Å². The van der Waals surface area contributed by atoms with Crippen molar-refractivity contribution in [3.63, 3.8) is 0 Å². The Balaban J connectivity index is 2.66. The van der Waals surface area contributed by atoms with Crippen LogP contribution in [0.1, 0.15) is 83.6 Å². The van der Waals surface area contributed by atoms with Gasteiger partial charge in [0.05, 0.1) is 30.7 Å². The Hall–Kier alpha value is -0.770. The minimum absolute atomic E-state index is 0.0835. The second kappa shape index (κ2) is 14.3. The first-order valence-corrected chi connectivity index (χ1v) is 12.0. The summed E-state index contributed by atoms with van der Waals surface area (Å²) < 4.78 is 6.09. The molecule has 0 aliphatic carbocycles. The molecule has 166 valence electrons. The lowest BCUT2D eigenvalue weighted by molar-refractivity contribution is -0.920. The summed E-state index contributed by atoms with van der Waals surface area (Å²) in [5, 5.41) is 1.11. The van der Waals surface area contributed by atoms with Crippen LogP contribution in [0.2, 0.25) is 10.0 Å². The van der Waals surface area contributed by atoms with Gasteiger partial charge in [-0.05, 0) is 25.0 Å². The number of benzene rings is 1. The molecule has 0 unspecified atom stereocenters. The first-order chi connectivity index (χ1) is 13.8. The van der Waals surface area contributed by atoms with Gasteiger partial charge < -0.3 is 9.22 Å². The minimum atomic E-state index is -0.170. The predicted octanol–water partition coefficient (Wildman–Crippen LogP) is 7.42. The molecule has 0 saturated carbocycles. The Labute approximate surface area is 188 Å². The summed E-state index contributed by atoms with van der Waals surface area (Å²) in [4.78, 5) is 12.8. The number of halogens is 2. The van der Waals surface area contributed by atoms with E-state index in [9.17, 15) is 4.79 Å². The number of carbonyl (C=O) groups is 1. The Morgan fingerprint density at radius 2 is 1.55 bits per heavy atom. The van der Waals surface area contributed by atoms with Gasteiger partial charge in [-0.1, -0.05) is 88.1 Å². The maximum Gasteiger partial charge on any atom is 0.364 e. The van der Waals surface area contributed by atoms with Crippen molar-refractivity contribution in [2.75, 3.05) is 20.7 Å². The van der Waals surface area contributed by atoms with Crippen LogP contribution in [-0.4, -0.2) is 37.2 Å². The highest BCUT2D eigenvalue weighted by molar-refractivity contribution is 6.42. The Bertz CT molecular complexity index is 605. The fourth-order valence-corrected chi connectivity index (χ4v) is 4.06. The van der Waals surface area contributed by atoms with Gasteiger partial charge >= 0.3 is 5.97 Å². The van der Waals surface area contributed by atoms with Crippen molar-refractivity contribution in [1.29, 1.82) is 0 Å². The number of esters is 1. The zero-order chi connectivity index (χ0) is 21.7. The molecule has 1 aromatic rings. The van der Waals surface area contributed by atoms with Crippen LogP contribution in [-0.2, 0) is 16.1 Å². The van der Waals surface area contributed by atoms with Gasteiger partial charge in [-0.15, -0.1) is 0 Å². The number of nitrogens with zero attached hydrogens (tertiary/aromatic N) is 1. The van der Waals surface area contributed by atoms with Gasteiger partial charge in [0.25, 0.3) is 0 Å². The van der Waals surface area contributed by atoms with Crippen LogP contribution in [0.5, 0.6) is 0 Å². The van der Waals surface area contributed by atoms with E-state index >= 15 is 0 Å². The number of quaternary nitrogens is 1. The van der Waals surface area contributed by atoms with Crippen molar-refractivity contribution in [3.05, 3.63) is 33.8 Å². The molecule has 0 spiro atoms. The summed E-state index contributed by atoms with van der Waals surface area (Å²) in [5.74, 6) is -0.0835. The van der Waals surface area contributed by atoms with Crippen molar-refractivity contribution >= 4 is 29.2 Å². The molecule has 1 atom stereocenters. The van der Waals surface area contributed by atoms with Crippen molar-refractivity contribution in [2.24, 2.45) is 0 Å². The number of carbonyl (C=O) groups excluding carboxylic acids is 1. The van der Waals surface area contributed by atoms with Crippen LogP contribution in [0.25, 0.3) is 0 Å². The van der Waals surface area contributed by atoms with Crippen LogP contribution in [0.3, 0.4) is 0 Å². The molecule has 0 bridgehead atoms. The van der Waals surface area contributed by atoms with E-state index in [0.717, 1.165) is 24.8 Å². The molecule has 0 fully saturated rings. The average Bonchev–Trinajstić information content (AvgIpc) is 2.67. The van der Waals surface area contributed by atoms with Crippen molar-refractivity contribution in [3.8, 4) is 0 Å². The van der Waals surface area contributed by atoms with E-state index < -0.39 is 0 Å². The molecule has 0 radical (unpaired) electrons. The van der Waals surface area contributed by atoms with Crippen LogP contribution in [0.4, 0.5) is 0 Å². The first kappa shape index (κ1) is 26.3. The standard InChI is InChI=1S/C24H40Cl2NO2/c1-5-7-8-9-10-11-12-13-14-23(24(28)29-17-6-2)27(3,4)19-20-15-16-21(25)22(26)18-20/h15-16,18,23H,5-14,17,19H2,1-4H3/q+1/t23-/m0/s1. The Morgan fingerprint density at radius 3 is 2.14 bits per heavy atom. The fourth-order valence-electron chi connectivity index (χ4n) is 3.74. The molecule has 0 saturated heterocycles. The normalized spacial score (nSPS) is 12.8. The summed E-state index contributed by atoms with van der Waals surface area (Å²) >= 11 is 12.2. The first-order valence-electron chi connectivity index (χ1n) is 11.2. The molecule has 29 heavy (non-hydrogen) atoms. The van der Waals surface area contributed by atoms with Crippen LogP contribution >= 0.6 is 23.2 Å². The van der Waals surface area contributed by atoms with Gasteiger partial charge in [0.15, 0.2) is 6.04 Å². The summed E-state index contributed by atoms with van der Waals surface area (Å²) in [6.07, 6.45) is 11.8. The smallest absolute Gasteiger partial charge is 0.364 e. The maximum atomic E-state index is 12.8. The summed E-state index contributed by atoms with van der Waals surface area (Å²) in [5.41, 5.74) is 1.08. The molecule has 0 heterocycles. The van der Waals surface area contributed by atoms with Crippen LogP contribution in [0, 0.1) is 0 Å². The summed E-state index contributed by atoms with van der Waals surface area (Å²) in [6.45, 7) is 5.46. The molecule has 0 aromatic heterocycles. The topological polar surface area (TPSA) is 26.3 Å². The zero-order valence-corrected chi connectivity index (χ0v) is 20.3. The third-order valence-corrected chi connectivity index (χ3v) is 6.21. The van der Waals surface area contributed by atoms with E-state index in [1.807, 2.05) is 25.1 Å². The third kappa shape index (κ3) is 10.2. The Kier molecular flexibility index (Phi) is 12.9. The van der Waals surface area contributed by atoms with Crippen molar-refractivity contribution < 1.29 is 14.0 Å². The molecule has 0 N–H and O–H groups in total. The van der Waals surface area contributed by atoms with Crippen molar-refractivity contribution in [2.45, 2.75) is 90.6 Å². The lowest BCUT2D eigenvalue weighted by Gasteiger charge is -2.36. The van der Waals surface area contributed by atoms with Crippen LogP contribution in [0.15, 0.2) is 18.2 Å². The molecule has 1 rings (SSSR count). The highest BCUT2D eigenvalue weighted by Crippen LogP contribution is 2.26. The predicted molar refractivity (Wildman–Crippen MR) is 125 cm³/mol.